The Labute approximate surface area is 81.2 Å². The molecule has 0 aliphatic heterocycles. The Balaban J connectivity index is 2.48. The first kappa shape index (κ1) is 10.3. The van der Waals surface area contributed by atoms with Gasteiger partial charge in [0.15, 0.2) is 0 Å². The molecule has 1 heteroatoms. The van der Waals surface area contributed by atoms with Crippen LogP contribution in [0.4, 0.5) is 0 Å². The number of ether oxygens (including phenoxy) is 1. The first-order valence-electron chi connectivity index (χ1n) is 5.10. The Hall–Kier alpha value is -0.740. The largest absolute Gasteiger partial charge is 0.369 e. The molecule has 1 nitrogen and oxygen atoms in total. The zero-order valence-electron chi connectivity index (χ0n) is 8.60. The lowest BCUT2D eigenvalue weighted by Crippen LogP contribution is -2.04. The van der Waals surface area contributed by atoms with Crippen molar-refractivity contribution in [3.8, 4) is 11.8 Å². The second kappa shape index (κ2) is 5.83. The third-order valence-corrected chi connectivity index (χ3v) is 2.34. The topological polar surface area (TPSA) is 9.23 Å². The molecule has 0 saturated heterocycles. The molecule has 0 aromatic rings. The van der Waals surface area contributed by atoms with Crippen molar-refractivity contribution in [2.24, 2.45) is 0 Å². The maximum Gasteiger partial charge on any atom is 0.117 e. The normalized spacial score (nSPS) is 18.5. The first-order valence-corrected chi connectivity index (χ1v) is 5.10. The van der Waals surface area contributed by atoms with Crippen LogP contribution in [0.5, 0.6) is 0 Å². The summed E-state index contributed by atoms with van der Waals surface area (Å²) in [4.78, 5) is 0. The number of hydrogen-bond donors (Lipinski definition) is 0. The van der Waals surface area contributed by atoms with E-state index in [0.717, 1.165) is 12.8 Å². The fraction of sp³-hybridized carbons (Fsp3) is 0.667. The molecule has 0 N–H and O–H groups in total. The lowest BCUT2D eigenvalue weighted by Gasteiger charge is -2.07. The van der Waals surface area contributed by atoms with E-state index in [1.807, 2.05) is 0 Å². The van der Waals surface area contributed by atoms with Crippen molar-refractivity contribution in [3.05, 3.63) is 11.6 Å². The zero-order valence-corrected chi connectivity index (χ0v) is 8.60. The third-order valence-electron chi connectivity index (χ3n) is 2.34. The molecule has 0 aromatic heterocycles. The third kappa shape index (κ3) is 3.65. The van der Waals surface area contributed by atoms with Crippen LogP contribution in [0.1, 0.15) is 39.0 Å². The second-order valence-corrected chi connectivity index (χ2v) is 3.38. The Bertz CT molecular complexity index is 225. The van der Waals surface area contributed by atoms with Crippen LogP contribution in [0.25, 0.3) is 0 Å². The highest BCUT2D eigenvalue weighted by molar-refractivity contribution is 5.30. The van der Waals surface area contributed by atoms with E-state index in [9.17, 15) is 0 Å². The predicted molar refractivity (Wildman–Crippen MR) is 55.4 cm³/mol. The van der Waals surface area contributed by atoms with Gasteiger partial charge in [0.2, 0.25) is 0 Å². The van der Waals surface area contributed by atoms with Crippen molar-refractivity contribution in [2.45, 2.75) is 45.1 Å². The van der Waals surface area contributed by atoms with E-state index < -0.39 is 0 Å². The molecular formula is C12H18O. The lowest BCUT2D eigenvalue weighted by molar-refractivity contribution is 0.145. The highest BCUT2D eigenvalue weighted by atomic mass is 16.5. The molecule has 1 aliphatic rings. The summed E-state index contributed by atoms with van der Waals surface area (Å²) in [5, 5.41) is 0. The molecular weight excluding hydrogens is 160 g/mol. The van der Waals surface area contributed by atoms with Crippen LogP contribution in [0.15, 0.2) is 11.6 Å². The van der Waals surface area contributed by atoms with Gasteiger partial charge in [0, 0.05) is 7.11 Å². The summed E-state index contributed by atoms with van der Waals surface area (Å²) in [7, 11) is 1.72. The van der Waals surface area contributed by atoms with E-state index in [1.54, 1.807) is 7.11 Å². The van der Waals surface area contributed by atoms with E-state index >= 15 is 0 Å². The molecule has 0 fully saturated rings. The highest BCUT2D eigenvalue weighted by Gasteiger charge is 2.01. The van der Waals surface area contributed by atoms with Gasteiger partial charge in [-0.1, -0.05) is 24.8 Å². The second-order valence-electron chi connectivity index (χ2n) is 3.38. The maximum absolute atomic E-state index is 5.19. The number of allylic oxidation sites excluding steroid dienone is 2. The quantitative estimate of drug-likeness (QED) is 0.591. The van der Waals surface area contributed by atoms with Crippen LogP contribution in [0.3, 0.4) is 0 Å². The molecule has 0 spiro atoms. The maximum atomic E-state index is 5.19. The van der Waals surface area contributed by atoms with Gasteiger partial charge in [0.05, 0.1) is 0 Å². The Morgan fingerprint density at radius 2 is 2.38 bits per heavy atom. The molecule has 13 heavy (non-hydrogen) atoms. The molecule has 0 heterocycles. The molecule has 1 aliphatic carbocycles. The molecule has 72 valence electrons. The van der Waals surface area contributed by atoms with Gasteiger partial charge in [-0.05, 0) is 37.7 Å². The average molecular weight is 178 g/mol. The van der Waals surface area contributed by atoms with E-state index in [0.29, 0.717) is 0 Å². The monoisotopic (exact) mass is 178 g/mol. The van der Waals surface area contributed by atoms with Gasteiger partial charge in [-0.15, -0.1) is 0 Å². The standard InChI is InChI=1S/C12H18O/c1-3-12(13-2)10-9-11-7-5-4-6-8-11/h7,12H,3-6,8H2,1-2H3. The van der Waals surface area contributed by atoms with Crippen molar-refractivity contribution in [1.29, 1.82) is 0 Å². The van der Waals surface area contributed by atoms with Gasteiger partial charge in [-0.3, -0.25) is 0 Å². The SMILES string of the molecule is CCC(C#CC1=CCCCC1)OC. The van der Waals surface area contributed by atoms with Crippen LogP contribution in [0.2, 0.25) is 0 Å². The number of methoxy groups -OCH3 is 1. The van der Waals surface area contributed by atoms with Crippen molar-refractivity contribution in [2.75, 3.05) is 7.11 Å². The summed E-state index contributed by atoms with van der Waals surface area (Å²) in [5.41, 5.74) is 1.31. The lowest BCUT2D eigenvalue weighted by atomic mass is 10.00. The summed E-state index contributed by atoms with van der Waals surface area (Å²) in [5.74, 6) is 6.36. The summed E-state index contributed by atoms with van der Waals surface area (Å²) in [6, 6.07) is 0. The minimum atomic E-state index is 0.114. The average Bonchev–Trinajstić information content (AvgIpc) is 2.21. The molecule has 0 radical (unpaired) electrons. The number of hydrogen-bond acceptors (Lipinski definition) is 1. The molecule has 1 unspecified atom stereocenters. The van der Waals surface area contributed by atoms with Gasteiger partial charge in [-0.25, -0.2) is 0 Å². The molecule has 0 amide bonds. The van der Waals surface area contributed by atoms with Crippen molar-refractivity contribution >= 4 is 0 Å². The summed E-state index contributed by atoms with van der Waals surface area (Å²) >= 11 is 0. The zero-order chi connectivity index (χ0) is 9.52. The van der Waals surface area contributed by atoms with E-state index in [4.69, 9.17) is 4.74 Å². The first-order chi connectivity index (χ1) is 6.36. The molecule has 0 saturated carbocycles. The fourth-order valence-corrected chi connectivity index (χ4v) is 1.45. The van der Waals surface area contributed by atoms with Crippen LogP contribution in [-0.4, -0.2) is 13.2 Å². The van der Waals surface area contributed by atoms with E-state index in [-0.39, 0.29) is 6.10 Å². The van der Waals surface area contributed by atoms with Gasteiger partial charge in [0.1, 0.15) is 6.10 Å². The van der Waals surface area contributed by atoms with E-state index in [1.165, 1.54) is 24.8 Å². The fourth-order valence-electron chi connectivity index (χ4n) is 1.45. The van der Waals surface area contributed by atoms with E-state index in [2.05, 4.69) is 24.8 Å². The minimum Gasteiger partial charge on any atom is -0.369 e. The Morgan fingerprint density at radius 1 is 1.54 bits per heavy atom. The van der Waals surface area contributed by atoms with Gasteiger partial charge < -0.3 is 4.74 Å². The van der Waals surface area contributed by atoms with Crippen LogP contribution < -0.4 is 0 Å². The van der Waals surface area contributed by atoms with Crippen LogP contribution in [-0.2, 0) is 4.74 Å². The van der Waals surface area contributed by atoms with Gasteiger partial charge >= 0.3 is 0 Å². The molecule has 0 bridgehead atoms. The summed E-state index contributed by atoms with van der Waals surface area (Å²) in [6.45, 7) is 2.10. The van der Waals surface area contributed by atoms with Gasteiger partial charge in [-0.2, -0.15) is 0 Å². The summed E-state index contributed by atoms with van der Waals surface area (Å²) in [6.07, 6.45) is 8.33. The van der Waals surface area contributed by atoms with Crippen LogP contribution in [0, 0.1) is 11.8 Å². The molecule has 1 rings (SSSR count). The molecule has 1 atom stereocenters. The predicted octanol–water partition coefficient (Wildman–Crippen LogP) is 2.92. The Kier molecular flexibility index (Phi) is 4.64. The minimum absolute atomic E-state index is 0.114. The van der Waals surface area contributed by atoms with Crippen molar-refractivity contribution < 1.29 is 4.74 Å². The number of rotatable bonds is 2. The van der Waals surface area contributed by atoms with Gasteiger partial charge in [0.25, 0.3) is 0 Å². The Morgan fingerprint density at radius 3 is 2.92 bits per heavy atom. The smallest absolute Gasteiger partial charge is 0.117 e. The van der Waals surface area contributed by atoms with Crippen LogP contribution >= 0.6 is 0 Å². The summed E-state index contributed by atoms with van der Waals surface area (Å²) < 4.78 is 5.19. The highest BCUT2D eigenvalue weighted by Crippen LogP contribution is 2.16. The van der Waals surface area contributed by atoms with Crippen molar-refractivity contribution in [3.63, 3.8) is 0 Å². The molecule has 0 aromatic carbocycles. The van der Waals surface area contributed by atoms with Crippen molar-refractivity contribution in [1.82, 2.24) is 0 Å².